The first kappa shape index (κ1) is 24.2. The number of hydrogen-bond donors (Lipinski definition) is 0. The Hall–Kier alpha value is -2.49. The standard InChI is InChI=1S/C29H36O2Si/c1-23(30)22-27(31-32(5,6)28(2,3)4)29(24-16-10-7-11-17-24,25-18-12-8-13-19-25)26-20-14-9-15-21-26/h7-21,27H,22H2,1-6H3. The Morgan fingerprint density at radius 2 is 1.09 bits per heavy atom. The van der Waals surface area contributed by atoms with Gasteiger partial charge in [-0.15, -0.1) is 0 Å². The third kappa shape index (κ3) is 4.79. The summed E-state index contributed by atoms with van der Waals surface area (Å²) >= 11 is 0. The van der Waals surface area contributed by atoms with Gasteiger partial charge < -0.3 is 4.43 Å². The van der Waals surface area contributed by atoms with Crippen LogP contribution in [0.1, 0.15) is 50.8 Å². The molecule has 2 nitrogen and oxygen atoms in total. The predicted molar refractivity (Wildman–Crippen MR) is 137 cm³/mol. The third-order valence-electron chi connectivity index (χ3n) is 6.89. The van der Waals surface area contributed by atoms with Gasteiger partial charge in [0.2, 0.25) is 0 Å². The van der Waals surface area contributed by atoms with Crippen LogP contribution in [-0.4, -0.2) is 20.2 Å². The molecule has 0 aliphatic heterocycles. The molecule has 3 aromatic rings. The van der Waals surface area contributed by atoms with Gasteiger partial charge >= 0.3 is 0 Å². The number of carbonyl (C=O) groups excluding carboxylic acids is 1. The lowest BCUT2D eigenvalue weighted by molar-refractivity contribution is -0.119. The van der Waals surface area contributed by atoms with Crippen molar-refractivity contribution in [2.45, 2.75) is 63.8 Å². The first-order valence-electron chi connectivity index (χ1n) is 11.4. The number of carbonyl (C=O) groups is 1. The molecule has 3 aromatic carbocycles. The van der Waals surface area contributed by atoms with Gasteiger partial charge in [0.15, 0.2) is 8.32 Å². The van der Waals surface area contributed by atoms with Crippen LogP contribution < -0.4 is 0 Å². The second kappa shape index (κ2) is 9.56. The molecule has 3 heteroatoms. The molecule has 1 unspecified atom stereocenters. The molecule has 0 aromatic heterocycles. The molecule has 3 rings (SSSR count). The molecule has 0 fully saturated rings. The van der Waals surface area contributed by atoms with E-state index in [0.29, 0.717) is 6.42 Å². The van der Waals surface area contributed by atoms with Gasteiger partial charge in [0.25, 0.3) is 0 Å². The van der Waals surface area contributed by atoms with Crippen LogP contribution in [0.25, 0.3) is 0 Å². The maximum atomic E-state index is 12.7. The predicted octanol–water partition coefficient (Wildman–Crippen LogP) is 7.39. The van der Waals surface area contributed by atoms with Crippen molar-refractivity contribution in [3.63, 3.8) is 0 Å². The summed E-state index contributed by atoms with van der Waals surface area (Å²) in [5.41, 5.74) is 2.82. The van der Waals surface area contributed by atoms with Crippen molar-refractivity contribution in [2.75, 3.05) is 0 Å². The lowest BCUT2D eigenvalue weighted by atomic mass is 9.65. The van der Waals surface area contributed by atoms with Gasteiger partial charge in [0.05, 0.1) is 11.5 Å². The van der Waals surface area contributed by atoms with Gasteiger partial charge in [-0.05, 0) is 41.7 Å². The highest BCUT2D eigenvalue weighted by Crippen LogP contribution is 2.48. The van der Waals surface area contributed by atoms with Gasteiger partial charge in [0.1, 0.15) is 5.78 Å². The van der Waals surface area contributed by atoms with Gasteiger partial charge in [-0.25, -0.2) is 0 Å². The van der Waals surface area contributed by atoms with Crippen LogP contribution in [0.15, 0.2) is 91.0 Å². The SMILES string of the molecule is CC(=O)CC(O[Si](C)(C)C(C)(C)C)C(c1ccccc1)(c1ccccc1)c1ccccc1. The number of ketones is 1. The molecule has 0 aliphatic rings. The topological polar surface area (TPSA) is 26.3 Å². The lowest BCUT2D eigenvalue weighted by Crippen LogP contribution is -2.52. The maximum absolute atomic E-state index is 12.7. The maximum Gasteiger partial charge on any atom is 0.192 e. The first-order valence-corrected chi connectivity index (χ1v) is 14.3. The van der Waals surface area contributed by atoms with Crippen LogP contribution in [0.4, 0.5) is 0 Å². The summed E-state index contributed by atoms with van der Waals surface area (Å²) in [7, 11) is -2.20. The Balaban J connectivity index is 2.38. The monoisotopic (exact) mass is 444 g/mol. The van der Waals surface area contributed by atoms with Crippen molar-refractivity contribution >= 4 is 14.1 Å². The molecule has 0 radical (unpaired) electrons. The molecule has 0 spiro atoms. The van der Waals surface area contributed by atoms with E-state index in [9.17, 15) is 4.79 Å². The molecule has 0 saturated heterocycles. The third-order valence-corrected chi connectivity index (χ3v) is 11.4. The fourth-order valence-corrected chi connectivity index (χ4v) is 5.56. The zero-order chi connectivity index (χ0) is 23.4. The Morgan fingerprint density at radius 1 is 0.750 bits per heavy atom. The van der Waals surface area contributed by atoms with Gasteiger partial charge in [-0.3, -0.25) is 4.79 Å². The van der Waals surface area contributed by atoms with Crippen LogP contribution in [0, 0.1) is 0 Å². The van der Waals surface area contributed by atoms with Crippen LogP contribution >= 0.6 is 0 Å². The van der Waals surface area contributed by atoms with Crippen molar-refractivity contribution < 1.29 is 9.22 Å². The van der Waals surface area contributed by atoms with E-state index in [2.05, 4.69) is 107 Å². The number of Topliss-reactive ketones (excluding diaryl/α,β-unsaturated/α-hetero) is 1. The molecule has 0 saturated carbocycles. The highest BCUT2D eigenvalue weighted by molar-refractivity contribution is 6.74. The number of rotatable bonds is 8. The summed E-state index contributed by atoms with van der Waals surface area (Å²) in [5, 5.41) is 0.0256. The van der Waals surface area contributed by atoms with E-state index in [4.69, 9.17) is 4.43 Å². The van der Waals surface area contributed by atoms with Crippen LogP contribution in [0.2, 0.25) is 18.1 Å². The van der Waals surface area contributed by atoms with Crippen LogP contribution in [-0.2, 0) is 14.6 Å². The minimum Gasteiger partial charge on any atom is -0.412 e. The summed E-state index contributed by atoms with van der Waals surface area (Å²) in [5.74, 6) is 0.140. The summed E-state index contributed by atoms with van der Waals surface area (Å²) in [6, 6.07) is 31.6. The second-order valence-electron chi connectivity index (χ2n) is 10.2. The van der Waals surface area contributed by atoms with Gasteiger partial charge in [-0.2, -0.15) is 0 Å². The molecule has 0 heterocycles. The molecular formula is C29H36O2Si. The Bertz CT molecular complexity index is 909. The summed E-state index contributed by atoms with van der Waals surface area (Å²) < 4.78 is 7.16. The van der Waals surface area contributed by atoms with E-state index in [1.807, 2.05) is 18.2 Å². The first-order chi connectivity index (χ1) is 15.1. The average Bonchev–Trinajstić information content (AvgIpc) is 2.75. The average molecular weight is 445 g/mol. The summed E-state index contributed by atoms with van der Waals surface area (Å²) in [6.07, 6.45) is 0.0265. The molecule has 1 atom stereocenters. The molecule has 32 heavy (non-hydrogen) atoms. The van der Waals surface area contributed by atoms with E-state index in [1.54, 1.807) is 6.92 Å². The smallest absolute Gasteiger partial charge is 0.192 e. The summed E-state index contributed by atoms with van der Waals surface area (Å²) in [4.78, 5) is 12.7. The highest BCUT2D eigenvalue weighted by Gasteiger charge is 2.49. The molecule has 168 valence electrons. The molecule has 0 amide bonds. The van der Waals surface area contributed by atoms with Crippen molar-refractivity contribution in [3.8, 4) is 0 Å². The van der Waals surface area contributed by atoms with E-state index in [-0.39, 0.29) is 16.9 Å². The van der Waals surface area contributed by atoms with E-state index in [0.717, 1.165) is 16.7 Å². The van der Waals surface area contributed by atoms with Crippen molar-refractivity contribution in [2.24, 2.45) is 0 Å². The van der Waals surface area contributed by atoms with Crippen molar-refractivity contribution in [1.82, 2.24) is 0 Å². The normalized spacial score (nSPS) is 13.6. The van der Waals surface area contributed by atoms with E-state index in [1.165, 1.54) is 0 Å². The van der Waals surface area contributed by atoms with E-state index >= 15 is 0 Å². The van der Waals surface area contributed by atoms with Crippen molar-refractivity contribution in [3.05, 3.63) is 108 Å². The number of benzene rings is 3. The molecule has 0 bridgehead atoms. The fraction of sp³-hybridized carbons (Fsp3) is 0.345. The Morgan fingerprint density at radius 3 is 1.38 bits per heavy atom. The Labute approximate surface area is 194 Å². The molecular weight excluding hydrogens is 408 g/mol. The fourth-order valence-electron chi connectivity index (χ4n) is 4.24. The van der Waals surface area contributed by atoms with E-state index < -0.39 is 13.7 Å². The quantitative estimate of drug-likeness (QED) is 0.267. The minimum absolute atomic E-state index is 0.0256. The van der Waals surface area contributed by atoms with Gasteiger partial charge in [0, 0.05) is 6.42 Å². The van der Waals surface area contributed by atoms with Crippen molar-refractivity contribution in [1.29, 1.82) is 0 Å². The number of hydrogen-bond acceptors (Lipinski definition) is 2. The highest BCUT2D eigenvalue weighted by atomic mass is 28.4. The van der Waals surface area contributed by atoms with Gasteiger partial charge in [-0.1, -0.05) is 112 Å². The van der Waals surface area contributed by atoms with Crippen LogP contribution in [0.5, 0.6) is 0 Å². The zero-order valence-corrected chi connectivity index (χ0v) is 21.3. The second-order valence-corrected chi connectivity index (χ2v) is 14.9. The summed E-state index contributed by atoms with van der Waals surface area (Å²) in [6.45, 7) is 13.0. The molecule has 0 N–H and O–H groups in total. The minimum atomic E-state index is -2.20. The lowest BCUT2D eigenvalue weighted by Gasteiger charge is -2.48. The molecule has 0 aliphatic carbocycles. The largest absolute Gasteiger partial charge is 0.412 e. The zero-order valence-electron chi connectivity index (χ0n) is 20.3. The Kier molecular flexibility index (Phi) is 7.21. The van der Waals surface area contributed by atoms with Crippen LogP contribution in [0.3, 0.4) is 0 Å².